The molecule has 78 valence electrons. The molecule has 0 radical (unpaired) electrons. The zero-order chi connectivity index (χ0) is 11.4. The van der Waals surface area contributed by atoms with Crippen LogP contribution in [0, 0.1) is 12.3 Å². The van der Waals surface area contributed by atoms with Crippen molar-refractivity contribution in [2.75, 3.05) is 0 Å². The van der Waals surface area contributed by atoms with Crippen LogP contribution in [0.1, 0.15) is 11.6 Å². The van der Waals surface area contributed by atoms with Gasteiger partial charge in [-0.3, -0.25) is 9.48 Å². The van der Waals surface area contributed by atoms with Gasteiger partial charge in [0.15, 0.2) is 6.04 Å². The largest absolute Gasteiger partial charge is 0.479 e. The maximum Gasteiger partial charge on any atom is 0.331 e. The van der Waals surface area contributed by atoms with Crippen molar-refractivity contribution >= 4 is 11.9 Å². The number of amides is 1. The summed E-state index contributed by atoms with van der Waals surface area (Å²) in [4.78, 5) is 21.7. The Morgan fingerprint density at radius 2 is 2.40 bits per heavy atom. The minimum absolute atomic E-state index is 0.369. The topological polar surface area (TPSA) is 84.2 Å². The summed E-state index contributed by atoms with van der Waals surface area (Å²) in [6.45, 7) is 0. The molecule has 0 aromatic carbocycles. The van der Waals surface area contributed by atoms with E-state index in [1.165, 1.54) is 17.1 Å². The number of aryl methyl sites for hydroxylation is 1. The first kappa shape index (κ1) is 10.8. The lowest BCUT2D eigenvalue weighted by atomic mass is 10.1. The number of aromatic nitrogens is 2. The zero-order valence-electron chi connectivity index (χ0n) is 7.97. The Bertz CT molecular complexity index is 430. The Morgan fingerprint density at radius 1 is 1.73 bits per heavy atom. The van der Waals surface area contributed by atoms with Crippen LogP contribution < -0.4 is 5.32 Å². The van der Waals surface area contributed by atoms with Crippen LogP contribution in [-0.2, 0) is 16.6 Å². The molecule has 0 aliphatic rings. The molecule has 6 heteroatoms. The van der Waals surface area contributed by atoms with E-state index in [-0.39, 0.29) is 0 Å². The third-order valence-electron chi connectivity index (χ3n) is 1.71. The molecule has 1 atom stereocenters. The molecule has 15 heavy (non-hydrogen) atoms. The highest BCUT2D eigenvalue weighted by molar-refractivity contribution is 5.95. The Morgan fingerprint density at radius 3 is 2.80 bits per heavy atom. The SMILES string of the molecule is C#CC(=O)NC(C(=O)O)c1cnn(C)c1. The van der Waals surface area contributed by atoms with Crippen LogP contribution in [0.25, 0.3) is 0 Å². The summed E-state index contributed by atoms with van der Waals surface area (Å²) in [5.41, 5.74) is 0.369. The van der Waals surface area contributed by atoms with Gasteiger partial charge in [0.1, 0.15) is 0 Å². The number of nitrogens with one attached hydrogen (secondary N) is 1. The van der Waals surface area contributed by atoms with Crippen molar-refractivity contribution < 1.29 is 14.7 Å². The number of hydrogen-bond acceptors (Lipinski definition) is 3. The summed E-state index contributed by atoms with van der Waals surface area (Å²) < 4.78 is 1.44. The normalized spacial score (nSPS) is 11.5. The first-order valence-corrected chi connectivity index (χ1v) is 4.03. The number of carboxylic acids is 1. The van der Waals surface area contributed by atoms with E-state index < -0.39 is 17.9 Å². The summed E-state index contributed by atoms with van der Waals surface area (Å²) in [5.74, 6) is -0.174. The van der Waals surface area contributed by atoms with Crippen LogP contribution in [0.2, 0.25) is 0 Å². The van der Waals surface area contributed by atoms with Crippen molar-refractivity contribution in [2.24, 2.45) is 7.05 Å². The number of rotatable bonds is 3. The van der Waals surface area contributed by atoms with Gasteiger partial charge in [0.2, 0.25) is 0 Å². The molecule has 1 heterocycles. The van der Waals surface area contributed by atoms with E-state index in [0.717, 1.165) is 0 Å². The number of nitrogens with zero attached hydrogens (tertiary/aromatic N) is 2. The van der Waals surface area contributed by atoms with Gasteiger partial charge >= 0.3 is 5.97 Å². The fraction of sp³-hybridized carbons (Fsp3) is 0.222. The van der Waals surface area contributed by atoms with Crippen LogP contribution in [0.15, 0.2) is 12.4 Å². The Hall–Kier alpha value is -2.29. The van der Waals surface area contributed by atoms with Crippen molar-refractivity contribution in [3.05, 3.63) is 18.0 Å². The Labute approximate surface area is 85.9 Å². The highest BCUT2D eigenvalue weighted by Gasteiger charge is 2.22. The van der Waals surface area contributed by atoms with E-state index in [9.17, 15) is 9.59 Å². The number of carbonyl (C=O) groups is 2. The van der Waals surface area contributed by atoms with E-state index in [1.54, 1.807) is 13.0 Å². The van der Waals surface area contributed by atoms with Gasteiger partial charge in [0, 0.05) is 18.8 Å². The van der Waals surface area contributed by atoms with Gasteiger partial charge in [-0.05, 0) is 5.92 Å². The minimum Gasteiger partial charge on any atom is -0.479 e. The fourth-order valence-corrected chi connectivity index (χ4v) is 1.05. The van der Waals surface area contributed by atoms with Crippen molar-refractivity contribution in [1.29, 1.82) is 0 Å². The van der Waals surface area contributed by atoms with Gasteiger partial charge in [-0.25, -0.2) is 4.79 Å². The van der Waals surface area contributed by atoms with Crippen LogP contribution in [0.4, 0.5) is 0 Å². The second kappa shape index (κ2) is 4.28. The van der Waals surface area contributed by atoms with Crippen molar-refractivity contribution in [3.63, 3.8) is 0 Å². The molecule has 1 rings (SSSR count). The number of carboxylic acid groups (broad SMARTS) is 1. The Kier molecular flexibility index (Phi) is 3.08. The monoisotopic (exact) mass is 207 g/mol. The standard InChI is InChI=1S/C9H9N3O3/c1-3-7(13)11-8(9(14)15)6-4-10-12(2)5-6/h1,4-5,8H,2H3,(H,11,13)(H,14,15). The predicted molar refractivity (Wildman–Crippen MR) is 50.6 cm³/mol. The van der Waals surface area contributed by atoms with Crippen LogP contribution in [-0.4, -0.2) is 26.8 Å². The number of carbonyl (C=O) groups excluding carboxylic acids is 1. The lowest BCUT2D eigenvalue weighted by Gasteiger charge is -2.09. The van der Waals surface area contributed by atoms with Gasteiger partial charge < -0.3 is 10.4 Å². The van der Waals surface area contributed by atoms with Gasteiger partial charge in [0.25, 0.3) is 5.91 Å². The third-order valence-corrected chi connectivity index (χ3v) is 1.71. The summed E-state index contributed by atoms with van der Waals surface area (Å²) >= 11 is 0. The zero-order valence-corrected chi connectivity index (χ0v) is 7.97. The maximum absolute atomic E-state index is 10.9. The lowest BCUT2D eigenvalue weighted by Crippen LogP contribution is -2.32. The average Bonchev–Trinajstić information content (AvgIpc) is 2.60. The maximum atomic E-state index is 10.9. The molecule has 0 bridgehead atoms. The molecule has 1 aromatic heterocycles. The third kappa shape index (κ3) is 2.57. The van der Waals surface area contributed by atoms with Crippen LogP contribution >= 0.6 is 0 Å². The predicted octanol–water partition coefficient (Wildman–Crippen LogP) is -0.705. The summed E-state index contributed by atoms with van der Waals surface area (Å²) in [5, 5.41) is 14.8. The van der Waals surface area contributed by atoms with Gasteiger partial charge in [-0.15, -0.1) is 6.42 Å². The van der Waals surface area contributed by atoms with Gasteiger partial charge in [0.05, 0.1) is 6.20 Å². The number of aliphatic carboxylic acids is 1. The second-order valence-corrected chi connectivity index (χ2v) is 2.84. The second-order valence-electron chi connectivity index (χ2n) is 2.84. The molecule has 2 N–H and O–H groups in total. The number of hydrogen-bond donors (Lipinski definition) is 2. The fourth-order valence-electron chi connectivity index (χ4n) is 1.05. The minimum atomic E-state index is -1.19. The number of terminal acetylenes is 1. The van der Waals surface area contributed by atoms with E-state index in [2.05, 4.69) is 10.4 Å². The highest BCUT2D eigenvalue weighted by Crippen LogP contribution is 2.11. The van der Waals surface area contributed by atoms with Crippen molar-refractivity contribution in [3.8, 4) is 12.3 Å². The summed E-state index contributed by atoms with van der Waals surface area (Å²) in [6, 6.07) is -1.16. The molecule has 6 nitrogen and oxygen atoms in total. The van der Waals surface area contributed by atoms with Gasteiger partial charge in [-0.2, -0.15) is 5.10 Å². The van der Waals surface area contributed by atoms with E-state index in [1.807, 2.05) is 0 Å². The smallest absolute Gasteiger partial charge is 0.331 e. The molecule has 1 unspecified atom stereocenters. The van der Waals surface area contributed by atoms with E-state index >= 15 is 0 Å². The molecule has 1 aromatic rings. The average molecular weight is 207 g/mol. The molecule has 0 aliphatic heterocycles. The first-order chi connectivity index (χ1) is 7.04. The molecule has 0 aliphatic carbocycles. The van der Waals surface area contributed by atoms with E-state index in [0.29, 0.717) is 5.56 Å². The Balaban J connectivity index is 2.89. The molecule has 0 saturated heterocycles. The van der Waals surface area contributed by atoms with Crippen LogP contribution in [0.3, 0.4) is 0 Å². The molecule has 0 saturated carbocycles. The van der Waals surface area contributed by atoms with Crippen molar-refractivity contribution in [1.82, 2.24) is 15.1 Å². The quantitative estimate of drug-likeness (QED) is 0.641. The lowest BCUT2D eigenvalue weighted by molar-refractivity contribution is -0.141. The molecule has 0 spiro atoms. The highest BCUT2D eigenvalue weighted by atomic mass is 16.4. The van der Waals surface area contributed by atoms with Gasteiger partial charge in [-0.1, -0.05) is 0 Å². The van der Waals surface area contributed by atoms with E-state index in [4.69, 9.17) is 11.5 Å². The molecular formula is C9H9N3O3. The first-order valence-electron chi connectivity index (χ1n) is 4.03. The molecular weight excluding hydrogens is 198 g/mol. The molecule has 0 fully saturated rings. The summed E-state index contributed by atoms with van der Waals surface area (Å²) in [6.07, 6.45) is 7.68. The molecule has 1 amide bonds. The van der Waals surface area contributed by atoms with Crippen molar-refractivity contribution in [2.45, 2.75) is 6.04 Å². The summed E-state index contributed by atoms with van der Waals surface area (Å²) in [7, 11) is 1.64. The van der Waals surface area contributed by atoms with Crippen LogP contribution in [0.5, 0.6) is 0 Å².